The molecule has 0 heterocycles. The fourth-order valence-corrected chi connectivity index (χ4v) is 2.86. The lowest BCUT2D eigenvalue weighted by molar-refractivity contribution is 0.463. The van der Waals surface area contributed by atoms with Gasteiger partial charge in [-0.2, -0.15) is 0 Å². The maximum absolute atomic E-state index is 13.1. The Kier molecular flexibility index (Phi) is 4.84. The molecule has 1 saturated carbocycles. The highest BCUT2D eigenvalue weighted by Gasteiger charge is 2.12. The molecular weight excluding hydrogens is 275 g/mol. The third-order valence-corrected chi connectivity index (χ3v) is 4.05. The van der Waals surface area contributed by atoms with Crippen LogP contribution in [-0.2, 0) is 0 Å². The molecule has 1 aliphatic rings. The van der Waals surface area contributed by atoms with Crippen LogP contribution in [-0.4, -0.2) is 12.3 Å². The highest BCUT2D eigenvalue weighted by atomic mass is 19.1. The molecule has 2 nitrogen and oxygen atoms in total. The summed E-state index contributed by atoms with van der Waals surface area (Å²) in [4.78, 5) is 4.39. The first-order chi connectivity index (χ1) is 10.8. The normalized spacial score (nSPS) is 16.0. The molecule has 2 aromatic rings. The Morgan fingerprint density at radius 3 is 2.50 bits per heavy atom. The zero-order valence-corrected chi connectivity index (χ0v) is 12.6. The molecule has 0 amide bonds. The Labute approximate surface area is 131 Å². The van der Waals surface area contributed by atoms with Crippen LogP contribution in [0.25, 0.3) is 0 Å². The molecular formula is C19H21FN2. The topological polar surface area (TPSA) is 24.4 Å². The van der Waals surface area contributed by atoms with Crippen molar-refractivity contribution >= 4 is 17.6 Å². The van der Waals surface area contributed by atoms with E-state index in [1.54, 1.807) is 12.3 Å². The third kappa shape index (κ3) is 4.17. The zero-order valence-electron chi connectivity index (χ0n) is 12.6. The summed E-state index contributed by atoms with van der Waals surface area (Å²) < 4.78 is 13.1. The van der Waals surface area contributed by atoms with E-state index in [1.165, 1.54) is 44.2 Å². The number of halogens is 1. The van der Waals surface area contributed by atoms with Crippen molar-refractivity contribution in [2.75, 3.05) is 5.32 Å². The van der Waals surface area contributed by atoms with Gasteiger partial charge in [-0.1, -0.05) is 31.4 Å². The maximum Gasteiger partial charge on any atom is 0.123 e. The Balaban J connectivity index is 1.61. The number of nitrogens with one attached hydrogen (secondary N) is 1. The van der Waals surface area contributed by atoms with Gasteiger partial charge in [0.15, 0.2) is 0 Å². The van der Waals surface area contributed by atoms with Gasteiger partial charge in [0, 0.05) is 17.9 Å². The summed E-state index contributed by atoms with van der Waals surface area (Å²) in [5, 5.41) is 3.59. The molecule has 1 fully saturated rings. The van der Waals surface area contributed by atoms with Gasteiger partial charge in [-0.05, 0) is 54.8 Å². The summed E-state index contributed by atoms with van der Waals surface area (Å²) in [6, 6.07) is 15.1. The molecule has 0 atom stereocenters. The molecule has 0 aromatic heterocycles. The number of hydrogen-bond donors (Lipinski definition) is 1. The molecule has 0 radical (unpaired) electrons. The van der Waals surface area contributed by atoms with Crippen LogP contribution in [0.3, 0.4) is 0 Å². The molecule has 114 valence electrons. The zero-order chi connectivity index (χ0) is 15.2. The van der Waals surface area contributed by atoms with Crippen LogP contribution in [0.15, 0.2) is 53.5 Å². The second kappa shape index (κ2) is 7.21. The minimum Gasteiger partial charge on any atom is -0.382 e. The van der Waals surface area contributed by atoms with Gasteiger partial charge in [0.1, 0.15) is 5.82 Å². The van der Waals surface area contributed by atoms with E-state index in [9.17, 15) is 4.39 Å². The molecule has 2 aromatic carbocycles. The van der Waals surface area contributed by atoms with E-state index in [1.807, 2.05) is 18.2 Å². The highest BCUT2D eigenvalue weighted by Crippen LogP contribution is 2.23. The van der Waals surface area contributed by atoms with Gasteiger partial charge < -0.3 is 5.32 Å². The lowest BCUT2D eigenvalue weighted by Gasteiger charge is -2.23. The number of rotatable bonds is 4. The van der Waals surface area contributed by atoms with Gasteiger partial charge in [0.2, 0.25) is 0 Å². The summed E-state index contributed by atoms with van der Waals surface area (Å²) in [7, 11) is 0. The first-order valence-electron chi connectivity index (χ1n) is 7.96. The molecule has 0 unspecified atom stereocenters. The minimum atomic E-state index is -0.240. The van der Waals surface area contributed by atoms with Crippen molar-refractivity contribution < 1.29 is 4.39 Å². The second-order valence-electron chi connectivity index (χ2n) is 5.84. The number of anilines is 1. The molecule has 22 heavy (non-hydrogen) atoms. The maximum atomic E-state index is 13.1. The summed E-state index contributed by atoms with van der Waals surface area (Å²) in [6.45, 7) is 0. The standard InChI is InChI=1S/C19H21FN2/c20-16-6-4-5-15(13-16)14-21-17-9-11-19(12-10-17)22-18-7-2-1-3-8-18/h4-6,9-14,18,22H,1-3,7-8H2. The van der Waals surface area contributed by atoms with E-state index < -0.39 is 0 Å². The Hall–Kier alpha value is -2.16. The van der Waals surface area contributed by atoms with Gasteiger partial charge in [-0.15, -0.1) is 0 Å². The minimum absolute atomic E-state index is 0.240. The number of benzene rings is 2. The van der Waals surface area contributed by atoms with Crippen LogP contribution >= 0.6 is 0 Å². The van der Waals surface area contributed by atoms with Crippen LogP contribution in [0.1, 0.15) is 37.7 Å². The SMILES string of the molecule is Fc1cccc(C=Nc2ccc(NC3CCCCC3)cc2)c1. The lowest BCUT2D eigenvalue weighted by Crippen LogP contribution is -2.21. The van der Waals surface area contributed by atoms with Crippen molar-refractivity contribution in [1.29, 1.82) is 0 Å². The van der Waals surface area contributed by atoms with Crippen molar-refractivity contribution in [1.82, 2.24) is 0 Å². The van der Waals surface area contributed by atoms with E-state index in [0.717, 1.165) is 16.9 Å². The summed E-state index contributed by atoms with van der Waals surface area (Å²) in [5.74, 6) is -0.240. The van der Waals surface area contributed by atoms with Crippen molar-refractivity contribution in [3.8, 4) is 0 Å². The third-order valence-electron chi connectivity index (χ3n) is 4.05. The van der Waals surface area contributed by atoms with Crippen LogP contribution in [0.2, 0.25) is 0 Å². The Bertz CT molecular complexity index is 628. The van der Waals surface area contributed by atoms with E-state index in [-0.39, 0.29) is 5.82 Å². The van der Waals surface area contributed by atoms with Crippen LogP contribution in [0.4, 0.5) is 15.8 Å². The van der Waals surface area contributed by atoms with Crippen LogP contribution < -0.4 is 5.32 Å². The summed E-state index contributed by atoms with van der Waals surface area (Å²) in [5.41, 5.74) is 2.79. The lowest BCUT2D eigenvalue weighted by atomic mass is 9.95. The molecule has 0 aliphatic heterocycles. The van der Waals surface area contributed by atoms with E-state index in [4.69, 9.17) is 0 Å². The molecule has 0 bridgehead atoms. The summed E-state index contributed by atoms with van der Waals surface area (Å²) in [6.07, 6.45) is 8.23. The van der Waals surface area contributed by atoms with Gasteiger partial charge in [-0.25, -0.2) is 4.39 Å². The van der Waals surface area contributed by atoms with Crippen LogP contribution in [0, 0.1) is 5.82 Å². The van der Waals surface area contributed by atoms with Crippen molar-refractivity contribution in [3.63, 3.8) is 0 Å². The van der Waals surface area contributed by atoms with E-state index >= 15 is 0 Å². The van der Waals surface area contributed by atoms with Crippen molar-refractivity contribution in [2.45, 2.75) is 38.1 Å². The molecule has 1 N–H and O–H groups in total. The Morgan fingerprint density at radius 1 is 1.00 bits per heavy atom. The fourth-order valence-electron chi connectivity index (χ4n) is 2.86. The van der Waals surface area contributed by atoms with E-state index in [0.29, 0.717) is 6.04 Å². The average Bonchev–Trinajstić information content (AvgIpc) is 2.55. The molecule has 3 heteroatoms. The van der Waals surface area contributed by atoms with E-state index in [2.05, 4.69) is 22.4 Å². The highest BCUT2D eigenvalue weighted by molar-refractivity contribution is 5.81. The largest absolute Gasteiger partial charge is 0.382 e. The quantitative estimate of drug-likeness (QED) is 0.759. The molecule has 1 aliphatic carbocycles. The fraction of sp³-hybridized carbons (Fsp3) is 0.316. The predicted molar refractivity (Wildman–Crippen MR) is 90.6 cm³/mol. The van der Waals surface area contributed by atoms with Gasteiger partial charge in [0.05, 0.1) is 5.69 Å². The second-order valence-corrected chi connectivity index (χ2v) is 5.84. The average molecular weight is 296 g/mol. The predicted octanol–water partition coefficient (Wildman–Crippen LogP) is 5.32. The molecule has 0 saturated heterocycles. The van der Waals surface area contributed by atoms with Gasteiger partial charge in [-0.3, -0.25) is 4.99 Å². The first-order valence-corrected chi connectivity index (χ1v) is 7.96. The number of hydrogen-bond acceptors (Lipinski definition) is 2. The first kappa shape index (κ1) is 14.8. The monoisotopic (exact) mass is 296 g/mol. The number of nitrogens with zero attached hydrogens (tertiary/aromatic N) is 1. The molecule has 3 rings (SSSR count). The van der Waals surface area contributed by atoms with Gasteiger partial charge >= 0.3 is 0 Å². The van der Waals surface area contributed by atoms with Gasteiger partial charge in [0.25, 0.3) is 0 Å². The van der Waals surface area contributed by atoms with Crippen molar-refractivity contribution in [3.05, 3.63) is 59.9 Å². The smallest absolute Gasteiger partial charge is 0.123 e. The summed E-state index contributed by atoms with van der Waals surface area (Å²) >= 11 is 0. The van der Waals surface area contributed by atoms with Crippen LogP contribution in [0.5, 0.6) is 0 Å². The Morgan fingerprint density at radius 2 is 1.77 bits per heavy atom. The number of aliphatic imine (C=N–C) groups is 1. The van der Waals surface area contributed by atoms with Crippen molar-refractivity contribution in [2.24, 2.45) is 4.99 Å². The molecule has 0 spiro atoms.